The molecule has 0 aliphatic carbocycles. The topological polar surface area (TPSA) is 94.5 Å². The van der Waals surface area contributed by atoms with Gasteiger partial charge in [0, 0.05) is 18.1 Å². The summed E-state index contributed by atoms with van der Waals surface area (Å²) in [5.74, 6) is 7.13. The zero-order valence-corrected chi connectivity index (χ0v) is 10.9. The molecule has 7 nitrogen and oxygen atoms in total. The minimum absolute atomic E-state index is 0.342. The first-order valence-electron chi connectivity index (χ1n) is 5.69. The fraction of sp³-hybridized carbons (Fsp3) is 0.400. The average Bonchev–Trinajstić information content (AvgIpc) is 2.92. The van der Waals surface area contributed by atoms with Crippen molar-refractivity contribution >= 4 is 17.7 Å². The molecule has 0 amide bonds. The molecule has 0 atom stereocenters. The molecule has 0 saturated heterocycles. The molecule has 0 saturated carbocycles. The highest BCUT2D eigenvalue weighted by Crippen LogP contribution is 2.17. The first kappa shape index (κ1) is 12.8. The molecule has 0 aliphatic rings. The summed E-state index contributed by atoms with van der Waals surface area (Å²) >= 11 is 1.59. The van der Waals surface area contributed by atoms with E-state index in [1.54, 1.807) is 28.8 Å². The zero-order chi connectivity index (χ0) is 12.8. The molecule has 0 aliphatic heterocycles. The van der Waals surface area contributed by atoms with Gasteiger partial charge in [0.2, 0.25) is 5.95 Å². The third kappa shape index (κ3) is 3.17. The Morgan fingerprint density at radius 1 is 1.39 bits per heavy atom. The standard InChI is InChI=1S/C10H15N7S/c1-2-3-7-18-10-14-8(16-11)13-9(15-10)17-6-4-5-12-17/h4-6H,2-3,7,11H2,1H3,(H,13,14,15,16). The highest BCUT2D eigenvalue weighted by Gasteiger charge is 2.07. The maximum absolute atomic E-state index is 5.35. The van der Waals surface area contributed by atoms with Crippen molar-refractivity contribution in [2.24, 2.45) is 5.84 Å². The number of rotatable bonds is 6. The van der Waals surface area contributed by atoms with Gasteiger partial charge in [0.15, 0.2) is 5.16 Å². The van der Waals surface area contributed by atoms with Gasteiger partial charge in [-0.1, -0.05) is 25.1 Å². The average molecular weight is 265 g/mol. The van der Waals surface area contributed by atoms with Crippen LogP contribution in [0.4, 0.5) is 5.95 Å². The lowest BCUT2D eigenvalue weighted by Crippen LogP contribution is -2.14. The molecule has 2 aromatic heterocycles. The number of unbranched alkanes of at least 4 members (excludes halogenated alkanes) is 1. The minimum atomic E-state index is 0.342. The van der Waals surface area contributed by atoms with Crippen molar-refractivity contribution in [2.75, 3.05) is 11.2 Å². The van der Waals surface area contributed by atoms with Crippen molar-refractivity contribution in [1.29, 1.82) is 0 Å². The van der Waals surface area contributed by atoms with Gasteiger partial charge < -0.3 is 0 Å². The number of nitrogens with zero attached hydrogens (tertiary/aromatic N) is 5. The SMILES string of the molecule is CCCCSc1nc(NN)nc(-n2cccn2)n1. The highest BCUT2D eigenvalue weighted by molar-refractivity contribution is 7.99. The summed E-state index contributed by atoms with van der Waals surface area (Å²) in [7, 11) is 0. The quantitative estimate of drug-likeness (QED) is 0.351. The van der Waals surface area contributed by atoms with Crippen LogP contribution in [0.1, 0.15) is 19.8 Å². The van der Waals surface area contributed by atoms with E-state index in [0.717, 1.165) is 18.6 Å². The number of hydrazine groups is 1. The van der Waals surface area contributed by atoms with Crippen LogP contribution in [0.25, 0.3) is 5.95 Å². The number of nitrogen functional groups attached to an aromatic ring is 1. The number of aromatic nitrogens is 5. The number of hydrogen-bond donors (Lipinski definition) is 2. The molecule has 18 heavy (non-hydrogen) atoms. The van der Waals surface area contributed by atoms with E-state index in [2.05, 4.69) is 32.4 Å². The van der Waals surface area contributed by atoms with Crippen LogP contribution < -0.4 is 11.3 Å². The van der Waals surface area contributed by atoms with E-state index in [1.807, 2.05) is 6.07 Å². The van der Waals surface area contributed by atoms with Crippen molar-refractivity contribution in [2.45, 2.75) is 24.9 Å². The van der Waals surface area contributed by atoms with Gasteiger partial charge in [0.1, 0.15) is 0 Å². The molecule has 2 aromatic rings. The first-order valence-corrected chi connectivity index (χ1v) is 6.67. The van der Waals surface area contributed by atoms with E-state index >= 15 is 0 Å². The number of nitrogens with one attached hydrogen (secondary N) is 1. The Bertz CT molecular complexity index is 485. The van der Waals surface area contributed by atoms with Crippen LogP contribution in [0.2, 0.25) is 0 Å². The second kappa shape index (κ2) is 6.31. The van der Waals surface area contributed by atoms with Crippen molar-refractivity contribution in [3.05, 3.63) is 18.5 Å². The second-order valence-corrected chi connectivity index (χ2v) is 4.60. The van der Waals surface area contributed by atoms with Gasteiger partial charge in [-0.15, -0.1) is 0 Å². The van der Waals surface area contributed by atoms with Crippen molar-refractivity contribution in [3.8, 4) is 5.95 Å². The molecule has 8 heteroatoms. The van der Waals surface area contributed by atoms with Gasteiger partial charge in [0.25, 0.3) is 5.95 Å². The Morgan fingerprint density at radius 3 is 2.94 bits per heavy atom. The summed E-state index contributed by atoms with van der Waals surface area (Å²) in [6, 6.07) is 1.81. The highest BCUT2D eigenvalue weighted by atomic mass is 32.2. The van der Waals surface area contributed by atoms with E-state index < -0.39 is 0 Å². The number of thioether (sulfide) groups is 1. The fourth-order valence-corrected chi connectivity index (χ4v) is 2.19. The van der Waals surface area contributed by atoms with Crippen LogP contribution in [-0.4, -0.2) is 30.5 Å². The van der Waals surface area contributed by atoms with E-state index in [9.17, 15) is 0 Å². The van der Waals surface area contributed by atoms with Crippen LogP contribution in [-0.2, 0) is 0 Å². The van der Waals surface area contributed by atoms with Crippen LogP contribution in [0.15, 0.2) is 23.6 Å². The molecule has 0 unspecified atom stereocenters. The molecule has 0 spiro atoms. The van der Waals surface area contributed by atoms with Crippen molar-refractivity contribution in [1.82, 2.24) is 24.7 Å². The lowest BCUT2D eigenvalue weighted by Gasteiger charge is -2.05. The molecule has 0 fully saturated rings. The van der Waals surface area contributed by atoms with Gasteiger partial charge in [-0.05, 0) is 12.5 Å². The van der Waals surface area contributed by atoms with Crippen LogP contribution in [0.3, 0.4) is 0 Å². The second-order valence-electron chi connectivity index (χ2n) is 3.54. The lowest BCUT2D eigenvalue weighted by molar-refractivity contribution is 0.759. The Hall–Kier alpha value is -1.67. The lowest BCUT2D eigenvalue weighted by atomic mass is 10.4. The smallest absolute Gasteiger partial charge is 0.256 e. The number of nitrogens with two attached hydrogens (primary N) is 1. The normalized spacial score (nSPS) is 10.6. The largest absolute Gasteiger partial charge is 0.292 e. The van der Waals surface area contributed by atoms with E-state index in [1.165, 1.54) is 0 Å². The van der Waals surface area contributed by atoms with Crippen molar-refractivity contribution < 1.29 is 0 Å². The molecule has 0 aromatic carbocycles. The van der Waals surface area contributed by atoms with Gasteiger partial charge >= 0.3 is 0 Å². The summed E-state index contributed by atoms with van der Waals surface area (Å²) in [5, 5.41) is 4.74. The summed E-state index contributed by atoms with van der Waals surface area (Å²) in [6.45, 7) is 2.15. The third-order valence-electron chi connectivity index (χ3n) is 2.17. The van der Waals surface area contributed by atoms with Crippen LogP contribution in [0, 0.1) is 0 Å². The minimum Gasteiger partial charge on any atom is -0.292 e. The molecular formula is C10H15N7S. The summed E-state index contributed by atoms with van der Waals surface area (Å²) < 4.78 is 1.58. The van der Waals surface area contributed by atoms with Crippen LogP contribution in [0.5, 0.6) is 0 Å². The van der Waals surface area contributed by atoms with Crippen molar-refractivity contribution in [3.63, 3.8) is 0 Å². The Morgan fingerprint density at radius 2 is 2.28 bits per heavy atom. The van der Waals surface area contributed by atoms with Gasteiger partial charge in [-0.25, -0.2) is 10.5 Å². The predicted octanol–water partition coefficient (Wildman–Crippen LogP) is 1.24. The summed E-state index contributed by atoms with van der Waals surface area (Å²) in [6.07, 6.45) is 5.71. The van der Waals surface area contributed by atoms with Crippen LogP contribution >= 0.6 is 11.8 Å². The molecule has 0 radical (unpaired) electrons. The molecule has 96 valence electrons. The maximum Gasteiger partial charge on any atom is 0.256 e. The first-order chi connectivity index (χ1) is 8.83. The Labute approximate surface area is 109 Å². The monoisotopic (exact) mass is 265 g/mol. The Kier molecular flexibility index (Phi) is 4.48. The Balaban J connectivity index is 2.22. The zero-order valence-electron chi connectivity index (χ0n) is 10.1. The van der Waals surface area contributed by atoms with Gasteiger partial charge in [-0.2, -0.15) is 20.1 Å². The molecule has 0 bridgehead atoms. The summed E-state index contributed by atoms with van der Waals surface area (Å²) in [4.78, 5) is 12.7. The summed E-state index contributed by atoms with van der Waals surface area (Å²) in [5.41, 5.74) is 2.44. The molecule has 3 N–H and O–H groups in total. The van der Waals surface area contributed by atoms with E-state index in [-0.39, 0.29) is 0 Å². The molecule has 2 heterocycles. The number of hydrogen-bond acceptors (Lipinski definition) is 7. The third-order valence-corrected chi connectivity index (χ3v) is 3.10. The molecule has 2 rings (SSSR count). The van der Waals surface area contributed by atoms with E-state index in [0.29, 0.717) is 17.1 Å². The predicted molar refractivity (Wildman–Crippen MR) is 70.4 cm³/mol. The van der Waals surface area contributed by atoms with Gasteiger partial charge in [0.05, 0.1) is 0 Å². The fourth-order valence-electron chi connectivity index (χ4n) is 1.27. The van der Waals surface area contributed by atoms with Gasteiger partial charge in [-0.3, -0.25) is 5.43 Å². The molecular weight excluding hydrogens is 250 g/mol. The van der Waals surface area contributed by atoms with E-state index in [4.69, 9.17) is 5.84 Å². The maximum atomic E-state index is 5.35. The number of anilines is 1.